The van der Waals surface area contributed by atoms with E-state index in [0.29, 0.717) is 17.2 Å². The first-order valence-electron chi connectivity index (χ1n) is 7.16. The minimum atomic E-state index is -1.04. The Bertz CT molecular complexity index is 634. The van der Waals surface area contributed by atoms with Crippen molar-refractivity contribution in [2.45, 2.75) is 38.8 Å². The molecule has 0 radical (unpaired) electrons. The number of imide groups is 1. The molecule has 1 fully saturated rings. The number of hydrogen-bond donors (Lipinski definition) is 2. The molecule has 1 aromatic carbocycles. The number of benzene rings is 1. The highest BCUT2D eigenvalue weighted by Gasteiger charge is 2.47. The van der Waals surface area contributed by atoms with Crippen LogP contribution in [0.2, 0.25) is 0 Å². The molecule has 1 aliphatic heterocycles. The van der Waals surface area contributed by atoms with Crippen LogP contribution in [0.1, 0.15) is 27.2 Å². The highest BCUT2D eigenvalue weighted by Crippen LogP contribution is 2.19. The van der Waals surface area contributed by atoms with Crippen LogP contribution in [0.15, 0.2) is 24.3 Å². The molecule has 1 heterocycles. The standard InChI is InChI=1S/C15H18FN3O4/c1-4-15(3)13(21)19(14(22)17-15)18-12(20)9(2)23-11-7-5-10(16)6-8-11/h5-9H,4H2,1-3H3,(H,17,22)(H,18,20)/t9-,15-/m1/s1. The van der Waals surface area contributed by atoms with Gasteiger partial charge in [0.05, 0.1) is 0 Å². The van der Waals surface area contributed by atoms with Crippen molar-refractivity contribution in [3.05, 3.63) is 30.1 Å². The Morgan fingerprint density at radius 1 is 1.39 bits per heavy atom. The van der Waals surface area contributed by atoms with Gasteiger partial charge in [0.2, 0.25) is 0 Å². The Hall–Kier alpha value is -2.64. The first kappa shape index (κ1) is 16.7. The monoisotopic (exact) mass is 323 g/mol. The van der Waals surface area contributed by atoms with Crippen LogP contribution in [-0.2, 0) is 9.59 Å². The number of halogens is 1. The molecule has 0 saturated carbocycles. The maximum Gasteiger partial charge on any atom is 0.344 e. The molecular weight excluding hydrogens is 305 g/mol. The highest BCUT2D eigenvalue weighted by atomic mass is 19.1. The predicted octanol–water partition coefficient (Wildman–Crippen LogP) is 1.34. The summed E-state index contributed by atoms with van der Waals surface area (Å²) in [5.74, 6) is -1.33. The van der Waals surface area contributed by atoms with Crippen molar-refractivity contribution >= 4 is 17.8 Å². The molecule has 8 heteroatoms. The Balaban J connectivity index is 2.00. The number of carbonyl (C=O) groups is 3. The summed E-state index contributed by atoms with van der Waals surface area (Å²) in [6.45, 7) is 4.79. The van der Waals surface area contributed by atoms with E-state index in [1.54, 1.807) is 13.8 Å². The van der Waals surface area contributed by atoms with Gasteiger partial charge in [0.1, 0.15) is 17.1 Å². The van der Waals surface area contributed by atoms with Crippen molar-refractivity contribution in [3.8, 4) is 5.75 Å². The summed E-state index contributed by atoms with van der Waals surface area (Å²) in [4.78, 5) is 36.1. The lowest BCUT2D eigenvalue weighted by Crippen LogP contribution is -2.51. The molecule has 7 nitrogen and oxygen atoms in total. The number of ether oxygens (including phenoxy) is 1. The maximum absolute atomic E-state index is 12.8. The zero-order chi connectivity index (χ0) is 17.2. The van der Waals surface area contributed by atoms with Crippen LogP contribution in [0.4, 0.5) is 9.18 Å². The minimum absolute atomic E-state index is 0.296. The number of urea groups is 1. The summed E-state index contributed by atoms with van der Waals surface area (Å²) >= 11 is 0. The molecule has 1 aliphatic rings. The third-order valence-electron chi connectivity index (χ3n) is 3.69. The third-order valence-corrected chi connectivity index (χ3v) is 3.69. The smallest absolute Gasteiger partial charge is 0.344 e. The van der Waals surface area contributed by atoms with E-state index in [0.717, 1.165) is 0 Å². The quantitative estimate of drug-likeness (QED) is 0.801. The molecule has 1 aromatic rings. The third kappa shape index (κ3) is 3.41. The fraction of sp³-hybridized carbons (Fsp3) is 0.400. The summed E-state index contributed by atoms with van der Waals surface area (Å²) < 4.78 is 18.2. The lowest BCUT2D eigenvalue weighted by molar-refractivity contribution is -0.141. The van der Waals surface area contributed by atoms with Crippen LogP contribution in [0.25, 0.3) is 0 Å². The number of rotatable bonds is 5. The molecule has 23 heavy (non-hydrogen) atoms. The summed E-state index contributed by atoms with van der Waals surface area (Å²) in [6.07, 6.45) is -0.583. The second kappa shape index (κ2) is 6.23. The molecule has 0 bridgehead atoms. The average molecular weight is 323 g/mol. The number of nitrogens with one attached hydrogen (secondary N) is 2. The van der Waals surface area contributed by atoms with E-state index in [-0.39, 0.29) is 0 Å². The van der Waals surface area contributed by atoms with Crippen LogP contribution < -0.4 is 15.5 Å². The normalized spacial score (nSPS) is 21.8. The van der Waals surface area contributed by atoms with E-state index < -0.39 is 35.3 Å². The Kier molecular flexibility index (Phi) is 4.53. The zero-order valence-corrected chi connectivity index (χ0v) is 13.1. The second-order valence-electron chi connectivity index (χ2n) is 5.45. The average Bonchev–Trinajstić information content (AvgIpc) is 2.73. The van der Waals surface area contributed by atoms with Gasteiger partial charge < -0.3 is 10.1 Å². The molecule has 2 rings (SSSR count). The van der Waals surface area contributed by atoms with Crippen molar-refractivity contribution in [2.24, 2.45) is 0 Å². The van der Waals surface area contributed by atoms with Gasteiger partial charge in [-0.2, -0.15) is 5.01 Å². The second-order valence-corrected chi connectivity index (χ2v) is 5.45. The lowest BCUT2D eigenvalue weighted by atomic mass is 10.00. The van der Waals surface area contributed by atoms with Gasteiger partial charge in [0.25, 0.3) is 11.8 Å². The molecule has 0 aliphatic carbocycles. The van der Waals surface area contributed by atoms with Crippen molar-refractivity contribution < 1.29 is 23.5 Å². The molecule has 0 unspecified atom stereocenters. The zero-order valence-electron chi connectivity index (χ0n) is 13.1. The minimum Gasteiger partial charge on any atom is -0.481 e. The van der Waals surface area contributed by atoms with Gasteiger partial charge in [-0.25, -0.2) is 9.18 Å². The number of hydrazine groups is 1. The van der Waals surface area contributed by atoms with E-state index in [4.69, 9.17) is 4.74 Å². The van der Waals surface area contributed by atoms with Crippen molar-refractivity contribution in [3.63, 3.8) is 0 Å². The van der Waals surface area contributed by atoms with Gasteiger partial charge in [-0.1, -0.05) is 6.92 Å². The van der Waals surface area contributed by atoms with Gasteiger partial charge >= 0.3 is 6.03 Å². The Morgan fingerprint density at radius 2 is 2.00 bits per heavy atom. The lowest BCUT2D eigenvalue weighted by Gasteiger charge is -2.21. The SMILES string of the molecule is CC[C@@]1(C)NC(=O)N(NC(=O)[C@@H](C)Oc2ccc(F)cc2)C1=O. The van der Waals surface area contributed by atoms with Crippen molar-refractivity contribution in [1.29, 1.82) is 0 Å². The van der Waals surface area contributed by atoms with E-state index in [9.17, 15) is 18.8 Å². The van der Waals surface area contributed by atoms with Crippen LogP contribution in [0.3, 0.4) is 0 Å². The summed E-state index contributed by atoms with van der Waals surface area (Å²) in [5.41, 5.74) is 1.20. The Labute approximate surface area is 132 Å². The van der Waals surface area contributed by atoms with Crippen LogP contribution in [-0.4, -0.2) is 34.5 Å². The van der Waals surface area contributed by atoms with E-state index in [1.165, 1.54) is 31.2 Å². The molecular formula is C15H18FN3O4. The largest absolute Gasteiger partial charge is 0.481 e. The van der Waals surface area contributed by atoms with Gasteiger partial charge in [-0.05, 0) is 44.5 Å². The highest BCUT2D eigenvalue weighted by molar-refractivity contribution is 6.07. The van der Waals surface area contributed by atoms with E-state index in [2.05, 4.69) is 10.7 Å². The molecule has 4 amide bonds. The fourth-order valence-corrected chi connectivity index (χ4v) is 2.00. The van der Waals surface area contributed by atoms with Crippen molar-refractivity contribution in [2.75, 3.05) is 0 Å². The number of carbonyl (C=O) groups excluding carboxylic acids is 3. The van der Waals surface area contributed by atoms with Crippen LogP contribution in [0.5, 0.6) is 5.75 Å². The first-order valence-corrected chi connectivity index (χ1v) is 7.16. The molecule has 2 N–H and O–H groups in total. The fourth-order valence-electron chi connectivity index (χ4n) is 2.00. The predicted molar refractivity (Wildman–Crippen MR) is 78.7 cm³/mol. The van der Waals surface area contributed by atoms with Gasteiger partial charge in [-0.3, -0.25) is 15.0 Å². The molecule has 0 spiro atoms. The topological polar surface area (TPSA) is 87.7 Å². The maximum atomic E-state index is 12.8. The molecule has 0 aromatic heterocycles. The number of amides is 4. The van der Waals surface area contributed by atoms with E-state index in [1.807, 2.05) is 0 Å². The van der Waals surface area contributed by atoms with Gasteiger partial charge in [0.15, 0.2) is 6.10 Å². The summed E-state index contributed by atoms with van der Waals surface area (Å²) in [7, 11) is 0. The number of hydrogen-bond acceptors (Lipinski definition) is 4. The molecule has 124 valence electrons. The molecule has 1 saturated heterocycles. The molecule has 2 atom stereocenters. The van der Waals surface area contributed by atoms with Gasteiger partial charge in [0, 0.05) is 0 Å². The number of nitrogens with zero attached hydrogens (tertiary/aromatic N) is 1. The van der Waals surface area contributed by atoms with Gasteiger partial charge in [-0.15, -0.1) is 0 Å². The van der Waals surface area contributed by atoms with E-state index >= 15 is 0 Å². The van der Waals surface area contributed by atoms with Crippen molar-refractivity contribution in [1.82, 2.24) is 15.8 Å². The first-order chi connectivity index (χ1) is 10.8. The summed E-state index contributed by atoms with van der Waals surface area (Å²) in [6, 6.07) is 4.46. The van der Waals surface area contributed by atoms with Crippen LogP contribution in [0, 0.1) is 5.82 Å². The summed E-state index contributed by atoms with van der Waals surface area (Å²) in [5, 5.41) is 3.17. The van der Waals surface area contributed by atoms with Crippen LogP contribution >= 0.6 is 0 Å². The Morgan fingerprint density at radius 3 is 2.52 bits per heavy atom.